The molecule has 0 fully saturated rings. The van der Waals surface area contributed by atoms with Gasteiger partial charge in [-0.2, -0.15) is 13.8 Å². The van der Waals surface area contributed by atoms with Gasteiger partial charge in [-0.25, -0.2) is 9.37 Å². The van der Waals surface area contributed by atoms with Crippen molar-refractivity contribution < 1.29 is 23.0 Å². The van der Waals surface area contributed by atoms with E-state index in [0.29, 0.717) is 11.3 Å². The standard InChI is InChI=1S/C17H19F3N6O2/c18-14-10-24-17(25-12(7-21)9-22-4-5-27)26-15(14)23-8-11-2-1-3-13(6-11)28-16(19)20/h1-3,6-7,9-10,16,27H,4-5,8,21H2,(H2,23,24,25,26)/b12-7+,22-9?. The second kappa shape index (κ2) is 10.7. The molecule has 0 saturated carbocycles. The Labute approximate surface area is 159 Å². The summed E-state index contributed by atoms with van der Waals surface area (Å²) in [5.74, 6) is -0.732. The molecule has 11 heteroatoms. The average molecular weight is 396 g/mol. The van der Waals surface area contributed by atoms with E-state index >= 15 is 0 Å². The summed E-state index contributed by atoms with van der Waals surface area (Å²) in [6.45, 7) is -2.73. The molecule has 2 aromatic rings. The Morgan fingerprint density at radius 3 is 2.93 bits per heavy atom. The number of rotatable bonds is 10. The highest BCUT2D eigenvalue weighted by atomic mass is 19.3. The summed E-state index contributed by atoms with van der Waals surface area (Å²) in [6, 6.07) is 6.00. The molecule has 0 radical (unpaired) electrons. The van der Waals surface area contributed by atoms with E-state index in [-0.39, 0.29) is 37.2 Å². The number of aliphatic hydroxyl groups is 1. The second-order valence-corrected chi connectivity index (χ2v) is 5.28. The van der Waals surface area contributed by atoms with Crippen molar-refractivity contribution >= 4 is 18.0 Å². The molecule has 0 aliphatic rings. The van der Waals surface area contributed by atoms with Gasteiger partial charge in [-0.05, 0) is 17.7 Å². The lowest BCUT2D eigenvalue weighted by atomic mass is 10.2. The number of nitrogens with one attached hydrogen (secondary N) is 2. The smallest absolute Gasteiger partial charge is 0.387 e. The van der Waals surface area contributed by atoms with Crippen molar-refractivity contribution in [2.75, 3.05) is 23.8 Å². The quantitative estimate of drug-likeness (QED) is 0.454. The largest absolute Gasteiger partial charge is 0.435 e. The first kappa shape index (κ1) is 21.0. The van der Waals surface area contributed by atoms with Crippen molar-refractivity contribution in [2.45, 2.75) is 13.2 Å². The predicted molar refractivity (Wildman–Crippen MR) is 98.7 cm³/mol. The number of ether oxygens (including phenoxy) is 1. The van der Waals surface area contributed by atoms with Gasteiger partial charge in [-0.15, -0.1) is 0 Å². The van der Waals surface area contributed by atoms with Crippen LogP contribution in [0.2, 0.25) is 0 Å². The molecule has 1 aromatic carbocycles. The van der Waals surface area contributed by atoms with Crippen LogP contribution in [-0.2, 0) is 6.54 Å². The van der Waals surface area contributed by atoms with Crippen LogP contribution in [-0.4, -0.2) is 41.1 Å². The molecule has 0 aliphatic carbocycles. The number of allylic oxidation sites excluding steroid dienone is 1. The summed E-state index contributed by atoms with van der Waals surface area (Å²) < 4.78 is 42.9. The summed E-state index contributed by atoms with van der Waals surface area (Å²) in [5, 5.41) is 14.2. The van der Waals surface area contributed by atoms with Gasteiger partial charge < -0.3 is 26.2 Å². The molecule has 1 aromatic heterocycles. The van der Waals surface area contributed by atoms with Crippen molar-refractivity contribution in [3.05, 3.63) is 53.7 Å². The lowest BCUT2D eigenvalue weighted by molar-refractivity contribution is -0.0498. The lowest BCUT2D eigenvalue weighted by Crippen LogP contribution is -2.11. The zero-order valence-electron chi connectivity index (χ0n) is 14.6. The van der Waals surface area contributed by atoms with Crippen LogP contribution in [0.3, 0.4) is 0 Å². The molecule has 0 atom stereocenters. The minimum atomic E-state index is -2.93. The molecular weight excluding hydrogens is 377 g/mol. The van der Waals surface area contributed by atoms with Gasteiger partial charge in [-0.1, -0.05) is 12.1 Å². The highest BCUT2D eigenvalue weighted by Gasteiger charge is 2.09. The lowest BCUT2D eigenvalue weighted by Gasteiger charge is -2.11. The molecule has 0 aliphatic heterocycles. The van der Waals surface area contributed by atoms with Crippen molar-refractivity contribution in [1.82, 2.24) is 9.97 Å². The zero-order chi connectivity index (χ0) is 20.4. The molecule has 150 valence electrons. The number of aliphatic imine (C=N–C) groups is 1. The number of anilines is 2. The Morgan fingerprint density at radius 1 is 1.39 bits per heavy atom. The SMILES string of the molecule is N/C=C(\C=NCCO)Nc1ncc(F)c(NCc2cccc(OC(F)F)c2)n1. The Balaban J connectivity index is 2.05. The fourth-order valence-corrected chi connectivity index (χ4v) is 2.04. The number of benzene rings is 1. The summed E-state index contributed by atoms with van der Waals surface area (Å²) in [7, 11) is 0. The van der Waals surface area contributed by atoms with Gasteiger partial charge in [0.1, 0.15) is 5.75 Å². The number of aromatic nitrogens is 2. The summed E-state index contributed by atoms with van der Waals surface area (Å²) in [5.41, 5.74) is 6.40. The molecule has 0 spiro atoms. The van der Waals surface area contributed by atoms with Gasteiger partial charge in [-0.3, -0.25) is 4.99 Å². The summed E-state index contributed by atoms with van der Waals surface area (Å²) in [6.07, 6.45) is 3.56. The highest BCUT2D eigenvalue weighted by molar-refractivity contribution is 5.82. The Bertz CT molecular complexity index is 832. The minimum absolute atomic E-state index is 0.000272. The number of hydrogen-bond acceptors (Lipinski definition) is 8. The van der Waals surface area contributed by atoms with Gasteiger partial charge in [0.2, 0.25) is 5.95 Å². The number of nitrogens with zero attached hydrogens (tertiary/aromatic N) is 3. The van der Waals surface area contributed by atoms with Crippen molar-refractivity contribution in [3.8, 4) is 5.75 Å². The van der Waals surface area contributed by atoms with Crippen LogP contribution in [0.15, 0.2) is 47.4 Å². The molecule has 0 unspecified atom stereocenters. The Hall–Kier alpha value is -3.34. The van der Waals surface area contributed by atoms with Crippen molar-refractivity contribution in [3.63, 3.8) is 0 Å². The van der Waals surface area contributed by atoms with Gasteiger partial charge in [0.05, 0.1) is 25.0 Å². The first-order valence-electron chi connectivity index (χ1n) is 8.11. The van der Waals surface area contributed by atoms with E-state index in [1.54, 1.807) is 12.1 Å². The van der Waals surface area contributed by atoms with E-state index in [0.717, 1.165) is 6.20 Å². The molecule has 28 heavy (non-hydrogen) atoms. The molecule has 1 heterocycles. The first-order valence-corrected chi connectivity index (χ1v) is 8.11. The third-order valence-corrected chi connectivity index (χ3v) is 3.22. The van der Waals surface area contributed by atoms with Crippen LogP contribution in [0.5, 0.6) is 5.75 Å². The van der Waals surface area contributed by atoms with Gasteiger partial charge in [0, 0.05) is 19.0 Å². The van der Waals surface area contributed by atoms with Crippen molar-refractivity contribution in [2.24, 2.45) is 10.7 Å². The van der Waals surface area contributed by atoms with Crippen LogP contribution in [0.25, 0.3) is 0 Å². The molecule has 8 nitrogen and oxygen atoms in total. The fourth-order valence-electron chi connectivity index (χ4n) is 2.04. The van der Waals surface area contributed by atoms with Crippen molar-refractivity contribution in [1.29, 1.82) is 0 Å². The van der Waals surface area contributed by atoms with E-state index < -0.39 is 12.4 Å². The zero-order valence-corrected chi connectivity index (χ0v) is 14.6. The maximum Gasteiger partial charge on any atom is 0.387 e. The molecule has 0 bridgehead atoms. The number of aliphatic hydroxyl groups excluding tert-OH is 1. The van der Waals surface area contributed by atoms with E-state index in [1.165, 1.54) is 24.5 Å². The van der Waals surface area contributed by atoms with Crippen LogP contribution in [0, 0.1) is 5.82 Å². The highest BCUT2D eigenvalue weighted by Crippen LogP contribution is 2.18. The van der Waals surface area contributed by atoms with Crippen LogP contribution in [0.4, 0.5) is 24.9 Å². The van der Waals surface area contributed by atoms with Crippen LogP contribution in [0.1, 0.15) is 5.56 Å². The fraction of sp³-hybridized carbons (Fsp3) is 0.235. The maximum atomic E-state index is 14.0. The Kier molecular flexibility index (Phi) is 8.03. The third kappa shape index (κ3) is 6.76. The van der Waals surface area contributed by atoms with Gasteiger partial charge in [0.25, 0.3) is 0 Å². The molecular formula is C17H19F3N6O2. The average Bonchev–Trinajstić information content (AvgIpc) is 2.67. The number of halogens is 3. The van der Waals surface area contributed by atoms with Gasteiger partial charge >= 0.3 is 6.61 Å². The first-order chi connectivity index (χ1) is 13.5. The van der Waals surface area contributed by atoms with Crippen LogP contribution < -0.4 is 21.1 Å². The summed E-state index contributed by atoms with van der Waals surface area (Å²) in [4.78, 5) is 11.7. The molecule has 5 N–H and O–H groups in total. The van der Waals surface area contributed by atoms with E-state index in [2.05, 4.69) is 30.3 Å². The number of alkyl halides is 2. The van der Waals surface area contributed by atoms with E-state index in [1.807, 2.05) is 0 Å². The molecule has 0 amide bonds. The molecule has 2 rings (SSSR count). The van der Waals surface area contributed by atoms with Crippen LogP contribution >= 0.6 is 0 Å². The summed E-state index contributed by atoms with van der Waals surface area (Å²) >= 11 is 0. The third-order valence-electron chi connectivity index (χ3n) is 3.22. The number of nitrogens with two attached hydrogens (primary N) is 1. The van der Waals surface area contributed by atoms with E-state index in [4.69, 9.17) is 10.8 Å². The monoisotopic (exact) mass is 396 g/mol. The normalized spacial score (nSPS) is 11.8. The Morgan fingerprint density at radius 2 is 2.21 bits per heavy atom. The number of hydrogen-bond donors (Lipinski definition) is 4. The molecule has 0 saturated heterocycles. The second-order valence-electron chi connectivity index (χ2n) is 5.28. The minimum Gasteiger partial charge on any atom is -0.435 e. The predicted octanol–water partition coefficient (Wildman–Crippen LogP) is 2.10. The van der Waals surface area contributed by atoms with Gasteiger partial charge in [0.15, 0.2) is 11.6 Å². The topological polar surface area (TPSA) is 118 Å². The van der Waals surface area contributed by atoms with E-state index in [9.17, 15) is 13.2 Å². The maximum absolute atomic E-state index is 14.0.